The van der Waals surface area contributed by atoms with Crippen LogP contribution in [0.1, 0.15) is 40.0 Å². The molecule has 1 unspecified atom stereocenters. The average molecular weight is 399 g/mol. The summed E-state index contributed by atoms with van der Waals surface area (Å²) in [6.45, 7) is 11.1. The number of anilines is 1. The van der Waals surface area contributed by atoms with Crippen molar-refractivity contribution in [2.75, 3.05) is 31.5 Å². The Labute approximate surface area is 173 Å². The third-order valence-electron chi connectivity index (χ3n) is 5.48. The molecule has 158 valence electrons. The number of pyridine rings is 1. The monoisotopic (exact) mass is 398 g/mol. The normalized spacial score (nSPS) is 17.6. The number of aromatic nitrogens is 1. The number of hydrogen-bond acceptors (Lipinski definition) is 3. The highest BCUT2D eigenvalue weighted by molar-refractivity contribution is 6.00. The first kappa shape index (κ1) is 21.4. The molecule has 6 nitrogen and oxygen atoms in total. The summed E-state index contributed by atoms with van der Waals surface area (Å²) in [4.78, 5) is 27.7. The van der Waals surface area contributed by atoms with Crippen LogP contribution in [0.4, 0.5) is 10.5 Å². The van der Waals surface area contributed by atoms with E-state index in [0.29, 0.717) is 30.1 Å². The molecule has 0 aliphatic carbocycles. The van der Waals surface area contributed by atoms with Gasteiger partial charge in [-0.3, -0.25) is 4.79 Å². The molecule has 2 amide bonds. The van der Waals surface area contributed by atoms with Crippen LogP contribution < -0.4 is 16.2 Å². The Bertz CT molecular complexity index is 890. The van der Waals surface area contributed by atoms with Crippen molar-refractivity contribution in [1.82, 2.24) is 14.8 Å². The van der Waals surface area contributed by atoms with Crippen molar-refractivity contribution < 1.29 is 4.79 Å². The highest BCUT2D eigenvalue weighted by Gasteiger charge is 2.16. The zero-order valence-electron chi connectivity index (χ0n) is 17.9. The highest BCUT2D eigenvalue weighted by Crippen LogP contribution is 2.21. The van der Waals surface area contributed by atoms with Gasteiger partial charge in [0, 0.05) is 36.6 Å². The van der Waals surface area contributed by atoms with Gasteiger partial charge in [0.15, 0.2) is 0 Å². The Hall–Kier alpha value is -2.34. The van der Waals surface area contributed by atoms with E-state index in [1.807, 2.05) is 24.3 Å². The Kier molecular flexibility index (Phi) is 7.31. The van der Waals surface area contributed by atoms with Gasteiger partial charge in [-0.25, -0.2) is 4.79 Å². The van der Waals surface area contributed by atoms with Crippen molar-refractivity contribution in [3.8, 4) is 0 Å². The average Bonchev–Trinajstić information content (AvgIpc) is 2.68. The second kappa shape index (κ2) is 9.92. The summed E-state index contributed by atoms with van der Waals surface area (Å²) in [6, 6.07) is 7.21. The van der Waals surface area contributed by atoms with Crippen LogP contribution in [0.25, 0.3) is 10.8 Å². The van der Waals surface area contributed by atoms with Gasteiger partial charge in [0.1, 0.15) is 0 Å². The number of nitrogens with one attached hydrogen (secondary N) is 2. The van der Waals surface area contributed by atoms with Crippen LogP contribution in [-0.2, 0) is 6.54 Å². The SMILES string of the molecule is CC(C)Cn1cc(NC(=O)NCCCN2CCCC(C)C2)c2ccccc2c1=O. The molecule has 1 aromatic carbocycles. The lowest BCUT2D eigenvalue weighted by Crippen LogP contribution is -2.37. The van der Waals surface area contributed by atoms with Gasteiger partial charge in [0.05, 0.1) is 5.69 Å². The first-order valence-electron chi connectivity index (χ1n) is 10.8. The molecule has 1 aliphatic rings. The number of fused-ring (bicyclic) bond motifs is 1. The molecule has 2 N–H and O–H groups in total. The molecule has 0 bridgehead atoms. The number of carbonyl (C=O) groups is 1. The molecule has 3 rings (SSSR count). The van der Waals surface area contributed by atoms with Crippen LogP contribution in [0, 0.1) is 11.8 Å². The summed E-state index contributed by atoms with van der Waals surface area (Å²) in [5.41, 5.74) is 0.652. The number of nitrogens with zero attached hydrogens (tertiary/aromatic N) is 2. The van der Waals surface area contributed by atoms with Gasteiger partial charge < -0.3 is 20.1 Å². The summed E-state index contributed by atoms with van der Waals surface area (Å²) >= 11 is 0. The summed E-state index contributed by atoms with van der Waals surface area (Å²) in [5.74, 6) is 1.11. The number of urea groups is 1. The topological polar surface area (TPSA) is 66.4 Å². The van der Waals surface area contributed by atoms with Gasteiger partial charge >= 0.3 is 6.03 Å². The predicted molar refractivity (Wildman–Crippen MR) is 120 cm³/mol. The largest absolute Gasteiger partial charge is 0.338 e. The fourth-order valence-corrected chi connectivity index (χ4v) is 4.13. The fourth-order valence-electron chi connectivity index (χ4n) is 4.13. The summed E-state index contributed by atoms with van der Waals surface area (Å²) in [5, 5.41) is 7.31. The maximum atomic E-state index is 12.7. The molecule has 2 heterocycles. The number of likely N-dealkylation sites (tertiary alicyclic amines) is 1. The minimum Gasteiger partial charge on any atom is -0.338 e. The lowest BCUT2D eigenvalue weighted by molar-refractivity contribution is 0.182. The Morgan fingerprint density at radius 2 is 2.00 bits per heavy atom. The molecule has 1 saturated heterocycles. The summed E-state index contributed by atoms with van der Waals surface area (Å²) < 4.78 is 1.69. The number of piperidine rings is 1. The first-order chi connectivity index (χ1) is 13.9. The van der Waals surface area contributed by atoms with E-state index in [2.05, 4.69) is 36.3 Å². The van der Waals surface area contributed by atoms with Gasteiger partial charge in [-0.05, 0) is 50.3 Å². The Morgan fingerprint density at radius 1 is 1.24 bits per heavy atom. The molecule has 1 aromatic heterocycles. The minimum atomic E-state index is -0.225. The predicted octanol–water partition coefficient (Wildman–Crippen LogP) is 3.90. The van der Waals surface area contributed by atoms with Gasteiger partial charge in [-0.1, -0.05) is 39.0 Å². The van der Waals surface area contributed by atoms with Crippen molar-refractivity contribution in [3.05, 3.63) is 40.8 Å². The van der Waals surface area contributed by atoms with Crippen LogP contribution in [0.3, 0.4) is 0 Å². The van der Waals surface area contributed by atoms with E-state index in [1.54, 1.807) is 10.8 Å². The van der Waals surface area contributed by atoms with E-state index in [1.165, 1.54) is 19.4 Å². The lowest BCUT2D eigenvalue weighted by Gasteiger charge is -2.30. The molecule has 2 aromatic rings. The Balaban J connectivity index is 1.60. The van der Waals surface area contributed by atoms with E-state index in [4.69, 9.17) is 0 Å². The standard InChI is InChI=1S/C23H34N4O2/c1-17(2)14-27-16-21(19-9-4-5-10-20(19)22(27)28)25-23(29)24-11-7-13-26-12-6-8-18(3)15-26/h4-5,9-10,16-18H,6-8,11-15H2,1-3H3,(H2,24,25,29). The van der Waals surface area contributed by atoms with E-state index in [-0.39, 0.29) is 11.6 Å². The van der Waals surface area contributed by atoms with Gasteiger partial charge in [-0.2, -0.15) is 0 Å². The molecule has 6 heteroatoms. The maximum Gasteiger partial charge on any atom is 0.319 e. The number of hydrogen-bond donors (Lipinski definition) is 2. The lowest BCUT2D eigenvalue weighted by atomic mass is 10.0. The van der Waals surface area contributed by atoms with E-state index < -0.39 is 0 Å². The van der Waals surface area contributed by atoms with Crippen molar-refractivity contribution in [3.63, 3.8) is 0 Å². The van der Waals surface area contributed by atoms with Crippen LogP contribution in [0.5, 0.6) is 0 Å². The number of benzene rings is 1. The van der Waals surface area contributed by atoms with E-state index in [9.17, 15) is 9.59 Å². The van der Waals surface area contributed by atoms with Crippen molar-refractivity contribution in [1.29, 1.82) is 0 Å². The molecule has 1 atom stereocenters. The molecular weight excluding hydrogens is 364 g/mol. The van der Waals surface area contributed by atoms with Crippen LogP contribution in [0.2, 0.25) is 0 Å². The third-order valence-corrected chi connectivity index (χ3v) is 5.48. The molecular formula is C23H34N4O2. The number of amides is 2. The quantitative estimate of drug-likeness (QED) is 0.695. The van der Waals surface area contributed by atoms with Crippen molar-refractivity contribution in [2.24, 2.45) is 11.8 Å². The van der Waals surface area contributed by atoms with Crippen LogP contribution in [-0.4, -0.2) is 41.7 Å². The molecule has 1 aliphatic heterocycles. The summed E-state index contributed by atoms with van der Waals surface area (Å²) in [6.07, 6.45) is 5.30. The Morgan fingerprint density at radius 3 is 2.72 bits per heavy atom. The fraction of sp³-hybridized carbons (Fsp3) is 0.565. The third kappa shape index (κ3) is 5.82. The van der Waals surface area contributed by atoms with Crippen LogP contribution in [0.15, 0.2) is 35.3 Å². The molecule has 0 radical (unpaired) electrons. The molecule has 29 heavy (non-hydrogen) atoms. The second-order valence-corrected chi connectivity index (χ2v) is 8.72. The zero-order valence-corrected chi connectivity index (χ0v) is 17.9. The van der Waals surface area contributed by atoms with Crippen molar-refractivity contribution >= 4 is 22.5 Å². The minimum absolute atomic E-state index is 0.0176. The second-order valence-electron chi connectivity index (χ2n) is 8.72. The first-order valence-corrected chi connectivity index (χ1v) is 10.8. The highest BCUT2D eigenvalue weighted by atomic mass is 16.2. The molecule has 0 spiro atoms. The smallest absolute Gasteiger partial charge is 0.319 e. The molecule has 0 saturated carbocycles. The van der Waals surface area contributed by atoms with Crippen LogP contribution >= 0.6 is 0 Å². The van der Waals surface area contributed by atoms with E-state index >= 15 is 0 Å². The van der Waals surface area contributed by atoms with Gasteiger partial charge in [0.25, 0.3) is 5.56 Å². The van der Waals surface area contributed by atoms with E-state index in [0.717, 1.165) is 30.8 Å². The van der Waals surface area contributed by atoms with Gasteiger partial charge in [-0.15, -0.1) is 0 Å². The van der Waals surface area contributed by atoms with Crippen molar-refractivity contribution in [2.45, 2.75) is 46.6 Å². The summed E-state index contributed by atoms with van der Waals surface area (Å²) in [7, 11) is 0. The maximum absolute atomic E-state index is 12.7. The zero-order chi connectivity index (χ0) is 20.8. The number of carbonyl (C=O) groups excluding carboxylic acids is 1. The van der Waals surface area contributed by atoms with Gasteiger partial charge in [0.2, 0.25) is 0 Å². The number of rotatable bonds is 7. The molecule has 1 fully saturated rings.